The number of hydrogen-bond donors (Lipinski definition) is 2. The Morgan fingerprint density at radius 3 is 2.50 bits per heavy atom. The van der Waals surface area contributed by atoms with Crippen molar-refractivity contribution in [1.29, 1.82) is 0 Å². The number of anilines is 1. The molecule has 0 atom stereocenters. The number of ether oxygens (including phenoxy) is 1. The van der Waals surface area contributed by atoms with E-state index in [-0.39, 0.29) is 5.54 Å². The Kier molecular flexibility index (Phi) is 4.55. The van der Waals surface area contributed by atoms with Crippen LogP contribution in [-0.4, -0.2) is 24.2 Å². The first-order valence-corrected chi connectivity index (χ1v) is 5.66. The minimum Gasteiger partial charge on any atom is -0.495 e. The van der Waals surface area contributed by atoms with Crippen LogP contribution in [0.3, 0.4) is 0 Å². The molecule has 0 aliphatic heterocycles. The lowest BCUT2D eigenvalue weighted by Crippen LogP contribution is -2.45. The number of methoxy groups -OCH3 is 1. The van der Waals surface area contributed by atoms with E-state index >= 15 is 0 Å². The Bertz CT molecular complexity index is 307. The van der Waals surface area contributed by atoms with Crippen LogP contribution in [0.15, 0.2) is 18.3 Å². The quantitative estimate of drug-likeness (QED) is 0.774. The molecule has 0 saturated heterocycles. The van der Waals surface area contributed by atoms with Crippen molar-refractivity contribution in [1.82, 2.24) is 4.98 Å². The minimum absolute atomic E-state index is 0.151. The number of pyridine rings is 1. The molecule has 0 aromatic carbocycles. The van der Waals surface area contributed by atoms with Gasteiger partial charge in [0.2, 0.25) is 0 Å². The number of hydrogen-bond acceptors (Lipinski definition) is 4. The van der Waals surface area contributed by atoms with Gasteiger partial charge in [-0.1, -0.05) is 13.8 Å². The molecular weight excluding hydrogens is 202 g/mol. The summed E-state index contributed by atoms with van der Waals surface area (Å²) in [5.74, 6) is 1.59. The molecule has 0 spiro atoms. The number of nitrogens with one attached hydrogen (secondary N) is 1. The van der Waals surface area contributed by atoms with Crippen molar-refractivity contribution in [2.45, 2.75) is 32.2 Å². The zero-order chi connectivity index (χ0) is 12.0. The summed E-state index contributed by atoms with van der Waals surface area (Å²) in [5, 5.41) is 3.25. The minimum atomic E-state index is -0.151. The fourth-order valence-corrected chi connectivity index (χ4v) is 1.37. The van der Waals surface area contributed by atoms with Crippen molar-refractivity contribution in [3.63, 3.8) is 0 Å². The van der Waals surface area contributed by atoms with Crippen LogP contribution in [-0.2, 0) is 0 Å². The first kappa shape index (κ1) is 12.8. The smallest absolute Gasteiger partial charge is 0.137 e. The Morgan fingerprint density at radius 1 is 1.38 bits per heavy atom. The third-order valence-corrected chi connectivity index (χ3v) is 3.00. The van der Waals surface area contributed by atoms with Crippen LogP contribution < -0.4 is 15.8 Å². The predicted octanol–water partition coefficient (Wildman–Crippen LogP) is 2.02. The van der Waals surface area contributed by atoms with Gasteiger partial charge in [-0.25, -0.2) is 4.98 Å². The maximum atomic E-state index is 6.19. The van der Waals surface area contributed by atoms with Gasteiger partial charge in [-0.3, -0.25) is 0 Å². The molecule has 4 nitrogen and oxygen atoms in total. The number of aromatic nitrogens is 1. The second-order valence-corrected chi connectivity index (χ2v) is 4.01. The van der Waals surface area contributed by atoms with E-state index in [1.54, 1.807) is 13.3 Å². The van der Waals surface area contributed by atoms with Gasteiger partial charge >= 0.3 is 0 Å². The van der Waals surface area contributed by atoms with Crippen molar-refractivity contribution >= 4 is 5.82 Å². The van der Waals surface area contributed by atoms with Crippen molar-refractivity contribution in [3.05, 3.63) is 18.3 Å². The summed E-state index contributed by atoms with van der Waals surface area (Å²) < 4.78 is 5.04. The van der Waals surface area contributed by atoms with Crippen LogP contribution in [0.1, 0.15) is 26.7 Å². The summed E-state index contributed by atoms with van der Waals surface area (Å²) in [6.45, 7) is 4.94. The molecular formula is C12H21N3O. The maximum absolute atomic E-state index is 6.19. The first-order valence-electron chi connectivity index (χ1n) is 5.66. The van der Waals surface area contributed by atoms with Crippen molar-refractivity contribution in [3.8, 4) is 5.75 Å². The molecule has 4 heteroatoms. The summed E-state index contributed by atoms with van der Waals surface area (Å²) in [6, 6.07) is 3.77. The first-order chi connectivity index (χ1) is 7.63. The average Bonchev–Trinajstić information content (AvgIpc) is 2.36. The van der Waals surface area contributed by atoms with Crippen LogP contribution in [0.4, 0.5) is 5.82 Å². The second-order valence-electron chi connectivity index (χ2n) is 4.01. The van der Waals surface area contributed by atoms with Gasteiger partial charge in [0, 0.05) is 12.1 Å². The topological polar surface area (TPSA) is 60.2 Å². The van der Waals surface area contributed by atoms with Gasteiger partial charge in [-0.15, -0.1) is 0 Å². The molecule has 1 heterocycles. The summed E-state index contributed by atoms with van der Waals surface area (Å²) in [5.41, 5.74) is 6.03. The average molecular weight is 223 g/mol. The van der Waals surface area contributed by atoms with E-state index in [1.807, 2.05) is 12.1 Å². The van der Waals surface area contributed by atoms with E-state index in [2.05, 4.69) is 24.1 Å². The fourth-order valence-electron chi connectivity index (χ4n) is 1.37. The molecule has 3 N–H and O–H groups in total. The summed E-state index contributed by atoms with van der Waals surface area (Å²) in [7, 11) is 1.63. The lowest BCUT2D eigenvalue weighted by molar-refractivity contribution is 0.412. The zero-order valence-electron chi connectivity index (χ0n) is 10.3. The highest BCUT2D eigenvalue weighted by Gasteiger charge is 2.19. The highest BCUT2D eigenvalue weighted by molar-refractivity contribution is 5.37. The lowest BCUT2D eigenvalue weighted by Gasteiger charge is -2.27. The van der Waals surface area contributed by atoms with Crippen molar-refractivity contribution in [2.24, 2.45) is 5.73 Å². The van der Waals surface area contributed by atoms with Gasteiger partial charge in [-0.05, 0) is 25.0 Å². The molecule has 1 aromatic rings. The van der Waals surface area contributed by atoms with Crippen molar-refractivity contribution in [2.75, 3.05) is 19.0 Å². The van der Waals surface area contributed by atoms with E-state index in [1.165, 1.54) is 0 Å². The predicted molar refractivity (Wildman–Crippen MR) is 66.8 cm³/mol. The number of nitrogens with zero attached hydrogens (tertiary/aromatic N) is 1. The molecule has 16 heavy (non-hydrogen) atoms. The third-order valence-electron chi connectivity index (χ3n) is 3.00. The van der Waals surface area contributed by atoms with Crippen LogP contribution in [0, 0.1) is 0 Å². The Balaban J connectivity index is 2.54. The standard InChI is InChI=1S/C12H21N3O/c1-4-12(13,5-2)9-15-11-7-6-10(16-3)8-14-11/h6-8H,4-5,9,13H2,1-3H3,(H,14,15). The molecule has 1 rings (SSSR count). The third kappa shape index (κ3) is 3.38. The molecule has 0 aliphatic rings. The van der Waals surface area contributed by atoms with Gasteiger partial charge in [0.05, 0.1) is 13.3 Å². The summed E-state index contributed by atoms with van der Waals surface area (Å²) in [4.78, 5) is 4.23. The van der Waals surface area contributed by atoms with E-state index in [0.717, 1.165) is 31.0 Å². The van der Waals surface area contributed by atoms with Crippen LogP contribution in [0.2, 0.25) is 0 Å². The molecule has 0 aliphatic carbocycles. The molecule has 0 saturated carbocycles. The molecule has 1 aromatic heterocycles. The van der Waals surface area contributed by atoms with Gasteiger partial charge in [0.15, 0.2) is 0 Å². The Labute approximate surface area is 97.2 Å². The number of rotatable bonds is 6. The lowest BCUT2D eigenvalue weighted by atomic mass is 9.94. The number of nitrogens with two attached hydrogens (primary N) is 1. The van der Waals surface area contributed by atoms with E-state index < -0.39 is 0 Å². The van der Waals surface area contributed by atoms with Crippen LogP contribution in [0.25, 0.3) is 0 Å². The summed E-state index contributed by atoms with van der Waals surface area (Å²) >= 11 is 0. The largest absolute Gasteiger partial charge is 0.495 e. The molecule has 0 fully saturated rings. The van der Waals surface area contributed by atoms with Gasteiger partial charge in [0.25, 0.3) is 0 Å². The normalized spacial score (nSPS) is 11.2. The highest BCUT2D eigenvalue weighted by Crippen LogP contribution is 2.14. The van der Waals surface area contributed by atoms with Gasteiger partial charge < -0.3 is 15.8 Å². The maximum Gasteiger partial charge on any atom is 0.137 e. The van der Waals surface area contributed by atoms with Gasteiger partial charge in [0.1, 0.15) is 11.6 Å². The molecule has 0 unspecified atom stereocenters. The van der Waals surface area contributed by atoms with Gasteiger partial charge in [-0.2, -0.15) is 0 Å². The summed E-state index contributed by atoms with van der Waals surface area (Å²) in [6.07, 6.45) is 3.59. The van der Waals surface area contributed by atoms with Crippen molar-refractivity contribution < 1.29 is 4.74 Å². The molecule has 0 amide bonds. The fraction of sp³-hybridized carbons (Fsp3) is 0.583. The van der Waals surface area contributed by atoms with E-state index in [9.17, 15) is 0 Å². The Morgan fingerprint density at radius 2 is 2.06 bits per heavy atom. The van der Waals surface area contributed by atoms with Crippen LogP contribution in [0.5, 0.6) is 5.75 Å². The molecule has 90 valence electrons. The molecule has 0 radical (unpaired) electrons. The monoisotopic (exact) mass is 223 g/mol. The highest BCUT2D eigenvalue weighted by atomic mass is 16.5. The van der Waals surface area contributed by atoms with E-state index in [0.29, 0.717) is 0 Å². The zero-order valence-corrected chi connectivity index (χ0v) is 10.3. The second kappa shape index (κ2) is 5.70. The van der Waals surface area contributed by atoms with Crippen LogP contribution >= 0.6 is 0 Å². The SMILES string of the molecule is CCC(N)(CC)CNc1ccc(OC)cn1. The Hall–Kier alpha value is -1.29. The van der Waals surface area contributed by atoms with E-state index in [4.69, 9.17) is 10.5 Å². The molecule has 0 bridgehead atoms.